The minimum absolute atomic E-state index is 0.0749. The lowest BCUT2D eigenvalue weighted by atomic mass is 10.2. The SMILES string of the molecule is O=C(NCC(=O)N1CCN(c2ccccc2)CC1)Nc1ccc(NC(=O)c2ccco2)cc1. The summed E-state index contributed by atoms with van der Waals surface area (Å²) >= 11 is 0. The standard InChI is InChI=1S/C24H25N5O4/c30-22(29-14-12-28(13-15-29)20-5-2-1-3-6-20)17-25-24(32)27-19-10-8-18(9-11-19)26-23(31)21-7-4-16-33-21/h1-11,16H,12-15,17H2,(H,26,31)(H2,25,27,32). The first kappa shape index (κ1) is 21.9. The van der Waals surface area contributed by atoms with Crippen LogP contribution in [0.15, 0.2) is 77.4 Å². The van der Waals surface area contributed by atoms with Gasteiger partial charge in [-0.3, -0.25) is 9.59 Å². The van der Waals surface area contributed by atoms with Gasteiger partial charge in [0.15, 0.2) is 5.76 Å². The second-order valence-electron chi connectivity index (χ2n) is 7.52. The Labute approximate surface area is 191 Å². The molecule has 0 radical (unpaired) electrons. The summed E-state index contributed by atoms with van der Waals surface area (Å²) in [6.45, 7) is 2.66. The highest BCUT2D eigenvalue weighted by Crippen LogP contribution is 2.16. The zero-order valence-corrected chi connectivity index (χ0v) is 18.0. The number of hydrogen-bond acceptors (Lipinski definition) is 5. The molecule has 1 fully saturated rings. The monoisotopic (exact) mass is 447 g/mol. The van der Waals surface area contributed by atoms with Gasteiger partial charge >= 0.3 is 6.03 Å². The molecule has 0 atom stereocenters. The number of amides is 4. The first-order valence-corrected chi connectivity index (χ1v) is 10.7. The van der Waals surface area contributed by atoms with E-state index >= 15 is 0 Å². The first-order valence-electron chi connectivity index (χ1n) is 10.7. The third-order valence-electron chi connectivity index (χ3n) is 5.30. The van der Waals surface area contributed by atoms with E-state index in [1.54, 1.807) is 41.3 Å². The van der Waals surface area contributed by atoms with Crippen molar-refractivity contribution in [3.63, 3.8) is 0 Å². The van der Waals surface area contributed by atoms with Crippen molar-refractivity contribution in [3.8, 4) is 0 Å². The lowest BCUT2D eigenvalue weighted by molar-refractivity contribution is -0.130. The quantitative estimate of drug-likeness (QED) is 0.539. The van der Waals surface area contributed by atoms with Crippen molar-refractivity contribution in [2.45, 2.75) is 0 Å². The number of furan rings is 1. The lowest BCUT2D eigenvalue weighted by Gasteiger charge is -2.36. The number of anilines is 3. The van der Waals surface area contributed by atoms with Gasteiger partial charge in [0, 0.05) is 43.2 Å². The highest BCUT2D eigenvalue weighted by molar-refractivity contribution is 6.02. The van der Waals surface area contributed by atoms with Gasteiger partial charge in [0.05, 0.1) is 12.8 Å². The second kappa shape index (κ2) is 10.4. The van der Waals surface area contributed by atoms with Gasteiger partial charge in [-0.25, -0.2) is 4.79 Å². The average molecular weight is 447 g/mol. The van der Waals surface area contributed by atoms with Crippen LogP contribution in [0.2, 0.25) is 0 Å². The third-order valence-corrected chi connectivity index (χ3v) is 5.30. The summed E-state index contributed by atoms with van der Waals surface area (Å²) in [6.07, 6.45) is 1.43. The van der Waals surface area contributed by atoms with Gasteiger partial charge in [0.2, 0.25) is 5.91 Å². The van der Waals surface area contributed by atoms with Gasteiger partial charge < -0.3 is 30.2 Å². The lowest BCUT2D eigenvalue weighted by Crippen LogP contribution is -2.51. The number of carbonyl (C=O) groups is 3. The molecule has 9 heteroatoms. The van der Waals surface area contributed by atoms with E-state index in [4.69, 9.17) is 4.42 Å². The minimum atomic E-state index is -0.473. The van der Waals surface area contributed by atoms with E-state index in [1.165, 1.54) is 6.26 Å². The number of rotatable bonds is 6. The summed E-state index contributed by atoms with van der Waals surface area (Å²) in [4.78, 5) is 40.6. The molecule has 0 saturated carbocycles. The molecule has 4 amide bonds. The highest BCUT2D eigenvalue weighted by atomic mass is 16.3. The van der Waals surface area contributed by atoms with Crippen LogP contribution in [0.3, 0.4) is 0 Å². The highest BCUT2D eigenvalue weighted by Gasteiger charge is 2.21. The van der Waals surface area contributed by atoms with E-state index in [2.05, 4.69) is 33.0 Å². The van der Waals surface area contributed by atoms with Gasteiger partial charge in [-0.1, -0.05) is 18.2 Å². The molecule has 2 heterocycles. The van der Waals surface area contributed by atoms with Crippen molar-refractivity contribution in [1.29, 1.82) is 0 Å². The molecule has 2 aromatic carbocycles. The molecule has 0 unspecified atom stereocenters. The molecule has 0 spiro atoms. The Morgan fingerprint density at radius 2 is 1.45 bits per heavy atom. The summed E-state index contributed by atoms with van der Waals surface area (Å²) in [6, 6.07) is 19.5. The van der Waals surface area contributed by atoms with Crippen LogP contribution < -0.4 is 20.9 Å². The number of piperazine rings is 1. The zero-order valence-electron chi connectivity index (χ0n) is 18.0. The molecule has 9 nitrogen and oxygen atoms in total. The molecule has 1 saturated heterocycles. The van der Waals surface area contributed by atoms with Crippen LogP contribution in [-0.4, -0.2) is 55.5 Å². The van der Waals surface area contributed by atoms with E-state index in [0.29, 0.717) is 24.5 Å². The van der Waals surface area contributed by atoms with E-state index < -0.39 is 6.03 Å². The van der Waals surface area contributed by atoms with E-state index in [1.807, 2.05) is 18.2 Å². The minimum Gasteiger partial charge on any atom is -0.459 e. The normalized spacial score (nSPS) is 13.3. The summed E-state index contributed by atoms with van der Waals surface area (Å²) < 4.78 is 5.05. The molecule has 33 heavy (non-hydrogen) atoms. The van der Waals surface area contributed by atoms with Crippen LogP contribution in [0, 0.1) is 0 Å². The number of urea groups is 1. The predicted molar refractivity (Wildman–Crippen MR) is 125 cm³/mol. The topological polar surface area (TPSA) is 107 Å². The van der Waals surface area contributed by atoms with E-state index in [9.17, 15) is 14.4 Å². The maximum Gasteiger partial charge on any atom is 0.319 e. The van der Waals surface area contributed by atoms with Crippen LogP contribution in [-0.2, 0) is 4.79 Å². The van der Waals surface area contributed by atoms with Crippen molar-refractivity contribution < 1.29 is 18.8 Å². The average Bonchev–Trinajstić information content (AvgIpc) is 3.40. The van der Waals surface area contributed by atoms with Gasteiger partial charge in [-0.15, -0.1) is 0 Å². The smallest absolute Gasteiger partial charge is 0.319 e. The summed E-state index contributed by atoms with van der Waals surface area (Å²) in [7, 11) is 0. The molecule has 0 bridgehead atoms. The fourth-order valence-electron chi connectivity index (χ4n) is 3.53. The molecular weight excluding hydrogens is 422 g/mol. The van der Waals surface area contributed by atoms with Crippen LogP contribution in [0.25, 0.3) is 0 Å². The van der Waals surface area contributed by atoms with Gasteiger partial charge in [0.25, 0.3) is 5.91 Å². The van der Waals surface area contributed by atoms with Crippen molar-refractivity contribution in [2.24, 2.45) is 0 Å². The summed E-state index contributed by atoms with van der Waals surface area (Å²) in [5, 5.41) is 7.98. The van der Waals surface area contributed by atoms with E-state index in [-0.39, 0.29) is 24.1 Å². The van der Waals surface area contributed by atoms with Crippen LogP contribution >= 0.6 is 0 Å². The molecule has 0 aliphatic carbocycles. The molecule has 170 valence electrons. The van der Waals surface area contributed by atoms with Gasteiger partial charge in [-0.2, -0.15) is 0 Å². The number of nitrogens with one attached hydrogen (secondary N) is 3. The van der Waals surface area contributed by atoms with Crippen LogP contribution in [0.1, 0.15) is 10.6 Å². The molecule has 1 aliphatic heterocycles. The Morgan fingerprint density at radius 3 is 2.09 bits per heavy atom. The Morgan fingerprint density at radius 1 is 0.788 bits per heavy atom. The molecule has 4 rings (SSSR count). The Balaban J connectivity index is 1.18. The van der Waals surface area contributed by atoms with Crippen molar-refractivity contribution in [2.75, 3.05) is 48.3 Å². The summed E-state index contributed by atoms with van der Waals surface area (Å²) in [5.41, 5.74) is 2.24. The van der Waals surface area contributed by atoms with Crippen LogP contribution in [0.5, 0.6) is 0 Å². The number of carbonyl (C=O) groups excluding carboxylic acids is 3. The van der Waals surface area contributed by atoms with Crippen LogP contribution in [0.4, 0.5) is 21.9 Å². The number of benzene rings is 2. The molecule has 3 N–H and O–H groups in total. The van der Waals surface area contributed by atoms with Crippen molar-refractivity contribution in [3.05, 3.63) is 78.8 Å². The van der Waals surface area contributed by atoms with Gasteiger partial charge in [0.1, 0.15) is 0 Å². The van der Waals surface area contributed by atoms with E-state index in [0.717, 1.165) is 18.8 Å². The van der Waals surface area contributed by atoms with Gasteiger partial charge in [-0.05, 0) is 48.5 Å². The maximum absolute atomic E-state index is 12.5. The molecule has 3 aromatic rings. The Kier molecular flexibility index (Phi) is 6.89. The Bertz CT molecular complexity index is 1080. The number of para-hydroxylation sites is 1. The van der Waals surface area contributed by atoms with Crippen molar-refractivity contribution in [1.82, 2.24) is 10.2 Å². The Hall–Kier alpha value is -4.27. The molecular formula is C24H25N5O4. The third kappa shape index (κ3) is 5.91. The molecule has 1 aliphatic rings. The largest absolute Gasteiger partial charge is 0.459 e. The zero-order chi connectivity index (χ0) is 23.0. The fourth-order valence-corrected chi connectivity index (χ4v) is 3.53. The number of hydrogen-bond donors (Lipinski definition) is 3. The van der Waals surface area contributed by atoms with Crippen molar-refractivity contribution >= 4 is 34.9 Å². The summed E-state index contributed by atoms with van der Waals surface area (Å²) in [5.74, 6) is -0.266. The predicted octanol–water partition coefficient (Wildman–Crippen LogP) is 3.00. The second-order valence-corrected chi connectivity index (χ2v) is 7.52. The fraction of sp³-hybridized carbons (Fsp3) is 0.208. The molecule has 1 aromatic heterocycles. The first-order chi connectivity index (χ1) is 16.1. The number of nitrogens with zero attached hydrogens (tertiary/aromatic N) is 2. The maximum atomic E-state index is 12.5.